The van der Waals surface area contributed by atoms with Crippen LogP contribution in [-0.4, -0.2) is 60.0 Å². The number of carbonyl (C=O) groups is 2. The third kappa shape index (κ3) is 3.33. The second-order valence-electron chi connectivity index (χ2n) is 8.83. The van der Waals surface area contributed by atoms with Gasteiger partial charge in [0, 0.05) is 31.0 Å². The smallest absolute Gasteiger partial charge is 0.254 e. The first-order chi connectivity index (χ1) is 13.6. The Labute approximate surface area is 165 Å². The van der Waals surface area contributed by atoms with Crippen LogP contribution in [0.1, 0.15) is 53.6 Å². The van der Waals surface area contributed by atoms with Crippen LogP contribution in [0.25, 0.3) is 0 Å². The molecule has 3 saturated heterocycles. The summed E-state index contributed by atoms with van der Waals surface area (Å²) in [7, 11) is 0. The van der Waals surface area contributed by atoms with Crippen molar-refractivity contribution in [3.05, 3.63) is 34.9 Å². The Balaban J connectivity index is 1.13. The Hall–Kier alpha value is -1.92. The van der Waals surface area contributed by atoms with Crippen LogP contribution in [0.4, 0.5) is 0 Å². The highest BCUT2D eigenvalue weighted by atomic mass is 16.5. The molecule has 6 nitrogen and oxygen atoms in total. The molecule has 4 aliphatic rings. The first kappa shape index (κ1) is 18.1. The average Bonchev–Trinajstić information content (AvgIpc) is 3.16. The van der Waals surface area contributed by atoms with Gasteiger partial charge in [-0.15, -0.1) is 0 Å². The Morgan fingerprint density at radius 2 is 2.04 bits per heavy atom. The Morgan fingerprint density at radius 3 is 2.82 bits per heavy atom. The van der Waals surface area contributed by atoms with E-state index < -0.39 is 0 Å². The molecule has 0 aromatic heterocycles. The maximum absolute atomic E-state index is 12.8. The maximum atomic E-state index is 12.8. The third-order valence-corrected chi connectivity index (χ3v) is 6.75. The van der Waals surface area contributed by atoms with Crippen molar-refractivity contribution in [1.82, 2.24) is 9.80 Å². The van der Waals surface area contributed by atoms with Crippen LogP contribution < -0.4 is 0 Å². The average molecular weight is 384 g/mol. The number of hydrogen-bond acceptors (Lipinski definition) is 4. The zero-order valence-corrected chi connectivity index (χ0v) is 16.3. The third-order valence-electron chi connectivity index (χ3n) is 6.75. The van der Waals surface area contributed by atoms with Crippen LogP contribution >= 0.6 is 0 Å². The summed E-state index contributed by atoms with van der Waals surface area (Å²) in [5.41, 5.74) is 2.89. The molecular weight excluding hydrogens is 356 g/mol. The second kappa shape index (κ2) is 7.16. The fourth-order valence-electron chi connectivity index (χ4n) is 4.96. The number of hydrogen-bond donors (Lipinski definition) is 0. The van der Waals surface area contributed by atoms with Crippen LogP contribution in [0.5, 0.6) is 0 Å². The van der Waals surface area contributed by atoms with Gasteiger partial charge >= 0.3 is 0 Å². The summed E-state index contributed by atoms with van der Waals surface area (Å²) in [6.07, 6.45) is 4.89. The second-order valence-corrected chi connectivity index (χ2v) is 8.83. The van der Waals surface area contributed by atoms with Gasteiger partial charge in [0.05, 0.1) is 32.9 Å². The predicted molar refractivity (Wildman–Crippen MR) is 103 cm³/mol. The molecule has 1 aromatic rings. The normalized spacial score (nSPS) is 26.3. The lowest BCUT2D eigenvalue weighted by atomic mass is 9.82. The molecule has 0 radical (unpaired) electrons. The van der Waals surface area contributed by atoms with Crippen molar-refractivity contribution in [3.63, 3.8) is 0 Å². The minimum absolute atomic E-state index is 0.0879. The molecule has 0 saturated carbocycles. The molecule has 1 spiro atoms. The Morgan fingerprint density at radius 1 is 1.18 bits per heavy atom. The van der Waals surface area contributed by atoms with Gasteiger partial charge in [0.1, 0.15) is 5.60 Å². The lowest BCUT2D eigenvalue weighted by Crippen LogP contribution is -2.66. The highest BCUT2D eigenvalue weighted by Gasteiger charge is 2.48. The molecule has 3 fully saturated rings. The Bertz CT molecular complexity index is 777. The number of carbonyl (C=O) groups excluding carboxylic acids is 2. The van der Waals surface area contributed by atoms with Crippen molar-refractivity contribution in [2.75, 3.05) is 32.8 Å². The fraction of sp³-hybridized carbons (Fsp3) is 0.636. The fourth-order valence-corrected chi connectivity index (χ4v) is 4.96. The summed E-state index contributed by atoms with van der Waals surface area (Å²) in [4.78, 5) is 28.7. The predicted octanol–water partition coefficient (Wildman–Crippen LogP) is 2.35. The summed E-state index contributed by atoms with van der Waals surface area (Å²) >= 11 is 0. The highest BCUT2D eigenvalue weighted by Crippen LogP contribution is 2.37. The van der Waals surface area contributed by atoms with E-state index in [1.54, 1.807) is 0 Å². The topological polar surface area (TPSA) is 59.1 Å². The molecule has 150 valence electrons. The zero-order chi connectivity index (χ0) is 19.1. The van der Waals surface area contributed by atoms with Gasteiger partial charge < -0.3 is 19.3 Å². The number of fused-ring (bicyclic) bond motifs is 1. The van der Waals surface area contributed by atoms with Gasteiger partial charge in [-0.2, -0.15) is 0 Å². The molecule has 28 heavy (non-hydrogen) atoms. The van der Waals surface area contributed by atoms with E-state index >= 15 is 0 Å². The zero-order valence-electron chi connectivity index (χ0n) is 16.3. The number of likely N-dealkylation sites (tertiary alicyclic amines) is 2. The van der Waals surface area contributed by atoms with E-state index in [1.165, 1.54) is 5.56 Å². The summed E-state index contributed by atoms with van der Waals surface area (Å²) in [5, 5.41) is 0. The van der Waals surface area contributed by atoms with Gasteiger partial charge in [-0.1, -0.05) is 6.07 Å². The molecule has 0 unspecified atom stereocenters. The summed E-state index contributed by atoms with van der Waals surface area (Å²) in [6.45, 7) is 5.02. The van der Waals surface area contributed by atoms with Crippen LogP contribution in [-0.2, 0) is 27.5 Å². The molecule has 6 heteroatoms. The summed E-state index contributed by atoms with van der Waals surface area (Å²) in [6, 6.07) is 5.89. The SMILES string of the molecule is O=C1CCCCN1C[C@H]1CCC2(CN(C(=O)c3ccc4c(c3)COC4)C2)OC1. The summed E-state index contributed by atoms with van der Waals surface area (Å²) in [5.74, 6) is 0.811. The van der Waals surface area contributed by atoms with Crippen molar-refractivity contribution >= 4 is 11.8 Å². The van der Waals surface area contributed by atoms with Gasteiger partial charge in [-0.25, -0.2) is 0 Å². The largest absolute Gasteiger partial charge is 0.372 e. The number of piperidine rings is 1. The Kier molecular flexibility index (Phi) is 4.63. The van der Waals surface area contributed by atoms with Gasteiger partial charge in [0.2, 0.25) is 5.91 Å². The molecule has 0 N–H and O–H groups in total. The van der Waals surface area contributed by atoms with Crippen LogP contribution in [0.3, 0.4) is 0 Å². The maximum Gasteiger partial charge on any atom is 0.254 e. The summed E-state index contributed by atoms with van der Waals surface area (Å²) < 4.78 is 11.7. The van der Waals surface area contributed by atoms with Crippen LogP contribution in [0, 0.1) is 5.92 Å². The molecule has 5 rings (SSSR count). The standard InChI is InChI=1S/C22H28N2O4/c25-20-3-1-2-8-23(20)10-16-6-7-22(28-11-16)14-24(15-22)21(26)17-4-5-18-12-27-13-19(18)9-17/h4-5,9,16H,1-3,6-8,10-15H2/t16-/m1/s1. The first-order valence-electron chi connectivity index (χ1n) is 10.5. The van der Waals surface area contributed by atoms with E-state index in [4.69, 9.17) is 9.47 Å². The molecule has 0 aliphatic carbocycles. The van der Waals surface area contributed by atoms with Crippen molar-refractivity contribution < 1.29 is 19.1 Å². The number of amides is 2. The lowest BCUT2D eigenvalue weighted by molar-refractivity contribution is -0.170. The van der Waals surface area contributed by atoms with E-state index in [9.17, 15) is 9.59 Å². The van der Waals surface area contributed by atoms with E-state index in [1.807, 2.05) is 28.0 Å². The van der Waals surface area contributed by atoms with E-state index in [-0.39, 0.29) is 11.5 Å². The van der Waals surface area contributed by atoms with Gasteiger partial charge in [-0.3, -0.25) is 9.59 Å². The molecular formula is C22H28N2O4. The van der Waals surface area contributed by atoms with Gasteiger partial charge in [0.15, 0.2) is 0 Å². The first-order valence-corrected chi connectivity index (χ1v) is 10.5. The number of rotatable bonds is 3. The van der Waals surface area contributed by atoms with Crippen molar-refractivity contribution in [1.29, 1.82) is 0 Å². The quantitative estimate of drug-likeness (QED) is 0.803. The lowest BCUT2D eigenvalue weighted by Gasteiger charge is -2.53. The van der Waals surface area contributed by atoms with Gasteiger partial charge in [0.25, 0.3) is 5.91 Å². The molecule has 2 amide bonds. The van der Waals surface area contributed by atoms with E-state index in [0.29, 0.717) is 51.2 Å². The minimum Gasteiger partial charge on any atom is -0.372 e. The number of ether oxygens (including phenoxy) is 2. The van der Waals surface area contributed by atoms with Crippen molar-refractivity contribution in [2.45, 2.75) is 50.9 Å². The molecule has 1 aromatic carbocycles. The highest BCUT2D eigenvalue weighted by molar-refractivity contribution is 5.95. The minimum atomic E-state index is -0.169. The monoisotopic (exact) mass is 384 g/mol. The molecule has 1 atom stereocenters. The van der Waals surface area contributed by atoms with E-state index in [0.717, 1.165) is 49.9 Å². The van der Waals surface area contributed by atoms with Crippen LogP contribution in [0.2, 0.25) is 0 Å². The molecule has 4 aliphatic heterocycles. The van der Waals surface area contributed by atoms with Crippen molar-refractivity contribution in [3.8, 4) is 0 Å². The van der Waals surface area contributed by atoms with Gasteiger partial charge in [-0.05, 0) is 48.9 Å². The number of nitrogens with zero attached hydrogens (tertiary/aromatic N) is 2. The van der Waals surface area contributed by atoms with Crippen molar-refractivity contribution in [2.24, 2.45) is 5.92 Å². The number of benzene rings is 1. The van der Waals surface area contributed by atoms with Crippen LogP contribution in [0.15, 0.2) is 18.2 Å². The molecule has 4 heterocycles. The van der Waals surface area contributed by atoms with E-state index in [2.05, 4.69) is 0 Å². The molecule has 0 bridgehead atoms.